The van der Waals surface area contributed by atoms with Gasteiger partial charge < -0.3 is 5.11 Å². The van der Waals surface area contributed by atoms with Crippen molar-refractivity contribution in [1.82, 2.24) is 0 Å². The Labute approximate surface area is 170 Å². The maximum atomic E-state index is 10.4. The number of carboxylic acid groups (broad SMARTS) is 1. The fourth-order valence-corrected chi connectivity index (χ4v) is 3.58. The van der Waals surface area contributed by atoms with E-state index in [2.05, 4.69) is 19.1 Å². The van der Waals surface area contributed by atoms with E-state index >= 15 is 0 Å². The number of unbranched alkanes of at least 4 members (excludes halogenated alkanes) is 18. The number of carbonyl (C=O) groups is 1. The molecule has 27 heavy (non-hydrogen) atoms. The SMILES string of the molecule is CCCCCCCCCCCCCCC/C=C\CCCCCCCC(=O)O. The normalized spacial score (nSPS) is 11.4. The standard InChI is InChI=1S/C25H48O2/c1-2-3-4-5-6-7-8-9-10-11-12-13-14-15-16-17-18-19-20-21-22-23-24-25(26)27/h16-17H,2-15,18-24H2,1H3,(H,26,27)/b17-16-. The van der Waals surface area contributed by atoms with Crippen LogP contribution < -0.4 is 0 Å². The van der Waals surface area contributed by atoms with Crippen molar-refractivity contribution in [2.75, 3.05) is 0 Å². The van der Waals surface area contributed by atoms with Crippen molar-refractivity contribution in [2.24, 2.45) is 0 Å². The summed E-state index contributed by atoms with van der Waals surface area (Å²) < 4.78 is 0. The highest BCUT2D eigenvalue weighted by Crippen LogP contribution is 2.13. The monoisotopic (exact) mass is 380 g/mol. The zero-order valence-electron chi connectivity index (χ0n) is 18.4. The van der Waals surface area contributed by atoms with Crippen LogP contribution in [-0.2, 0) is 4.79 Å². The summed E-state index contributed by atoms with van der Waals surface area (Å²) in [5.41, 5.74) is 0. The lowest BCUT2D eigenvalue weighted by Gasteiger charge is -2.02. The quantitative estimate of drug-likeness (QED) is 0.150. The van der Waals surface area contributed by atoms with Crippen LogP contribution in [0.1, 0.15) is 142 Å². The van der Waals surface area contributed by atoms with Crippen LogP contribution >= 0.6 is 0 Å². The van der Waals surface area contributed by atoms with Crippen molar-refractivity contribution >= 4 is 5.97 Å². The Bertz CT molecular complexity index is 322. The van der Waals surface area contributed by atoms with Crippen molar-refractivity contribution in [2.45, 2.75) is 142 Å². The van der Waals surface area contributed by atoms with Crippen LogP contribution in [0.4, 0.5) is 0 Å². The molecule has 0 aromatic carbocycles. The molecule has 0 unspecified atom stereocenters. The molecule has 1 N–H and O–H groups in total. The first-order valence-electron chi connectivity index (χ1n) is 12.1. The van der Waals surface area contributed by atoms with E-state index in [0.29, 0.717) is 6.42 Å². The summed E-state index contributed by atoms with van der Waals surface area (Å²) in [6.07, 6.45) is 31.6. The number of hydrogen-bond acceptors (Lipinski definition) is 1. The molecular weight excluding hydrogens is 332 g/mol. The first kappa shape index (κ1) is 26.2. The van der Waals surface area contributed by atoms with E-state index in [9.17, 15) is 4.79 Å². The minimum Gasteiger partial charge on any atom is -0.481 e. The summed E-state index contributed by atoms with van der Waals surface area (Å²) in [5.74, 6) is -0.661. The van der Waals surface area contributed by atoms with Crippen molar-refractivity contribution in [3.63, 3.8) is 0 Å². The lowest BCUT2D eigenvalue weighted by molar-refractivity contribution is -0.137. The van der Waals surface area contributed by atoms with Crippen molar-refractivity contribution in [3.05, 3.63) is 12.2 Å². The molecule has 0 bridgehead atoms. The molecule has 0 aromatic heterocycles. The largest absolute Gasteiger partial charge is 0.481 e. The molecule has 0 amide bonds. The Kier molecular flexibility index (Phi) is 22.6. The molecule has 0 aliphatic carbocycles. The minimum atomic E-state index is -0.661. The molecule has 2 nitrogen and oxygen atoms in total. The van der Waals surface area contributed by atoms with Crippen LogP contribution in [0.5, 0.6) is 0 Å². The Morgan fingerprint density at radius 1 is 0.556 bits per heavy atom. The van der Waals surface area contributed by atoms with Gasteiger partial charge in [0.25, 0.3) is 0 Å². The average Bonchev–Trinajstić information content (AvgIpc) is 2.65. The molecule has 0 rings (SSSR count). The molecule has 0 aliphatic heterocycles. The number of carboxylic acids is 1. The van der Waals surface area contributed by atoms with Gasteiger partial charge in [0.2, 0.25) is 0 Å². The fraction of sp³-hybridized carbons (Fsp3) is 0.880. The second kappa shape index (κ2) is 23.2. The summed E-state index contributed by atoms with van der Waals surface area (Å²) in [6, 6.07) is 0. The highest BCUT2D eigenvalue weighted by Gasteiger charge is 1.96. The molecule has 0 radical (unpaired) electrons. The van der Waals surface area contributed by atoms with Crippen LogP contribution in [0, 0.1) is 0 Å². The zero-order valence-corrected chi connectivity index (χ0v) is 18.4. The zero-order chi connectivity index (χ0) is 19.8. The van der Waals surface area contributed by atoms with Gasteiger partial charge in [0, 0.05) is 6.42 Å². The van der Waals surface area contributed by atoms with E-state index in [-0.39, 0.29) is 0 Å². The molecule has 160 valence electrons. The fourth-order valence-electron chi connectivity index (χ4n) is 3.58. The Balaban J connectivity index is 3.07. The van der Waals surface area contributed by atoms with Gasteiger partial charge in [-0.25, -0.2) is 0 Å². The Morgan fingerprint density at radius 3 is 1.26 bits per heavy atom. The molecule has 0 saturated carbocycles. The van der Waals surface area contributed by atoms with Gasteiger partial charge in [0.15, 0.2) is 0 Å². The topological polar surface area (TPSA) is 37.3 Å². The van der Waals surface area contributed by atoms with E-state index in [1.807, 2.05) is 0 Å². The van der Waals surface area contributed by atoms with Gasteiger partial charge in [0.1, 0.15) is 0 Å². The lowest BCUT2D eigenvalue weighted by Crippen LogP contribution is -1.93. The van der Waals surface area contributed by atoms with E-state index in [1.165, 1.54) is 116 Å². The van der Waals surface area contributed by atoms with Gasteiger partial charge in [-0.2, -0.15) is 0 Å². The maximum Gasteiger partial charge on any atom is 0.303 e. The summed E-state index contributed by atoms with van der Waals surface area (Å²) in [6.45, 7) is 2.29. The van der Waals surface area contributed by atoms with Crippen molar-refractivity contribution in [1.29, 1.82) is 0 Å². The number of aliphatic carboxylic acids is 1. The highest BCUT2D eigenvalue weighted by molar-refractivity contribution is 5.66. The van der Waals surface area contributed by atoms with E-state index in [1.54, 1.807) is 0 Å². The van der Waals surface area contributed by atoms with E-state index in [0.717, 1.165) is 12.8 Å². The summed E-state index contributed by atoms with van der Waals surface area (Å²) >= 11 is 0. The number of hydrogen-bond donors (Lipinski definition) is 1. The number of allylic oxidation sites excluding steroid dienone is 2. The smallest absolute Gasteiger partial charge is 0.303 e. The van der Waals surface area contributed by atoms with Gasteiger partial charge in [0.05, 0.1) is 0 Å². The Hall–Kier alpha value is -0.790. The predicted molar refractivity (Wildman–Crippen MR) is 119 cm³/mol. The summed E-state index contributed by atoms with van der Waals surface area (Å²) in [4.78, 5) is 10.4. The molecular formula is C25H48O2. The van der Waals surface area contributed by atoms with Gasteiger partial charge in [-0.15, -0.1) is 0 Å². The third-order valence-corrected chi connectivity index (χ3v) is 5.40. The van der Waals surface area contributed by atoms with Gasteiger partial charge in [-0.3, -0.25) is 4.79 Å². The van der Waals surface area contributed by atoms with Crippen molar-refractivity contribution in [3.8, 4) is 0 Å². The van der Waals surface area contributed by atoms with Crippen LogP contribution in [0.25, 0.3) is 0 Å². The summed E-state index contributed by atoms with van der Waals surface area (Å²) in [7, 11) is 0. The van der Waals surface area contributed by atoms with Gasteiger partial charge in [-0.1, -0.05) is 115 Å². The molecule has 0 saturated heterocycles. The van der Waals surface area contributed by atoms with Crippen LogP contribution in [0.15, 0.2) is 12.2 Å². The van der Waals surface area contributed by atoms with Crippen molar-refractivity contribution < 1.29 is 9.90 Å². The number of rotatable bonds is 22. The van der Waals surface area contributed by atoms with Crippen LogP contribution in [-0.4, -0.2) is 11.1 Å². The Morgan fingerprint density at radius 2 is 0.889 bits per heavy atom. The van der Waals surface area contributed by atoms with Crippen LogP contribution in [0.2, 0.25) is 0 Å². The third-order valence-electron chi connectivity index (χ3n) is 5.40. The molecule has 0 aliphatic rings. The van der Waals surface area contributed by atoms with E-state index in [4.69, 9.17) is 5.11 Å². The maximum absolute atomic E-state index is 10.4. The van der Waals surface area contributed by atoms with Crippen LogP contribution in [0.3, 0.4) is 0 Å². The molecule has 0 aromatic rings. The average molecular weight is 381 g/mol. The predicted octanol–water partition coefficient (Wildman–Crippen LogP) is 8.84. The molecule has 0 fully saturated rings. The minimum absolute atomic E-state index is 0.332. The molecule has 0 atom stereocenters. The second-order valence-corrected chi connectivity index (χ2v) is 8.20. The molecule has 2 heteroatoms. The second-order valence-electron chi connectivity index (χ2n) is 8.20. The highest BCUT2D eigenvalue weighted by atomic mass is 16.4. The third kappa shape index (κ3) is 25.2. The molecule has 0 spiro atoms. The first-order valence-corrected chi connectivity index (χ1v) is 12.1. The van der Waals surface area contributed by atoms with Gasteiger partial charge in [-0.05, 0) is 32.1 Å². The first-order chi connectivity index (χ1) is 13.3. The molecule has 0 heterocycles. The van der Waals surface area contributed by atoms with Gasteiger partial charge >= 0.3 is 5.97 Å². The lowest BCUT2D eigenvalue weighted by atomic mass is 10.0. The van der Waals surface area contributed by atoms with E-state index < -0.39 is 5.97 Å². The summed E-state index contributed by atoms with van der Waals surface area (Å²) in [5, 5.41) is 8.57.